The molecule has 1 aromatic heterocycles. The van der Waals surface area contributed by atoms with Crippen LogP contribution in [0, 0.1) is 5.92 Å². The molecule has 2 fully saturated rings. The topological polar surface area (TPSA) is 53.4 Å². The lowest BCUT2D eigenvalue weighted by atomic mass is 9.89. The predicted octanol–water partition coefficient (Wildman–Crippen LogP) is 1.56. The first kappa shape index (κ1) is 11.7. The minimum absolute atomic E-state index is 0.141. The Hall–Kier alpha value is -1.42. The fourth-order valence-corrected chi connectivity index (χ4v) is 3.52. The molecule has 0 spiro atoms. The van der Waals surface area contributed by atoms with Gasteiger partial charge in [0.1, 0.15) is 0 Å². The second-order valence-corrected chi connectivity index (χ2v) is 5.33. The Kier molecular flexibility index (Phi) is 3.04. The number of fused-ring (bicyclic) bond motifs is 2. The Labute approximate surface area is 107 Å². The van der Waals surface area contributed by atoms with E-state index in [-0.39, 0.29) is 12.0 Å². The second-order valence-electron chi connectivity index (χ2n) is 5.33. The molecule has 3 unspecified atom stereocenters. The number of carboxylic acids is 1. The minimum Gasteiger partial charge on any atom is -0.481 e. The number of carbonyl (C=O) groups is 1. The Bertz CT molecular complexity index is 435. The van der Waals surface area contributed by atoms with Gasteiger partial charge in [-0.3, -0.25) is 14.7 Å². The molecule has 0 saturated carbocycles. The van der Waals surface area contributed by atoms with Crippen molar-refractivity contribution in [2.24, 2.45) is 5.92 Å². The minimum atomic E-state index is -0.617. The summed E-state index contributed by atoms with van der Waals surface area (Å²) in [4.78, 5) is 17.7. The fourth-order valence-electron chi connectivity index (χ4n) is 3.52. The van der Waals surface area contributed by atoms with E-state index in [1.54, 1.807) is 6.20 Å². The van der Waals surface area contributed by atoms with E-state index in [9.17, 15) is 9.90 Å². The lowest BCUT2D eigenvalue weighted by Gasteiger charge is -2.22. The van der Waals surface area contributed by atoms with Crippen molar-refractivity contribution in [3.8, 4) is 0 Å². The number of aromatic nitrogens is 1. The van der Waals surface area contributed by atoms with Gasteiger partial charge < -0.3 is 5.11 Å². The molecule has 2 aliphatic rings. The molecule has 2 aliphatic heterocycles. The maximum atomic E-state index is 11.2. The monoisotopic (exact) mass is 246 g/mol. The van der Waals surface area contributed by atoms with Crippen molar-refractivity contribution < 1.29 is 9.90 Å². The van der Waals surface area contributed by atoms with Crippen molar-refractivity contribution in [3.63, 3.8) is 0 Å². The lowest BCUT2D eigenvalue weighted by Crippen LogP contribution is -2.34. The number of hydrogen-bond donors (Lipinski definition) is 1. The van der Waals surface area contributed by atoms with Gasteiger partial charge in [-0.2, -0.15) is 0 Å². The summed E-state index contributed by atoms with van der Waals surface area (Å²) in [5.74, 6) is -0.758. The summed E-state index contributed by atoms with van der Waals surface area (Å²) in [5.41, 5.74) is 1.23. The second kappa shape index (κ2) is 4.69. The predicted molar refractivity (Wildman–Crippen MR) is 67.2 cm³/mol. The van der Waals surface area contributed by atoms with Gasteiger partial charge >= 0.3 is 5.97 Å². The summed E-state index contributed by atoms with van der Waals surface area (Å²) in [7, 11) is 0. The third kappa shape index (κ3) is 2.01. The highest BCUT2D eigenvalue weighted by atomic mass is 16.4. The summed E-state index contributed by atoms with van der Waals surface area (Å²) in [5, 5.41) is 9.20. The van der Waals surface area contributed by atoms with Crippen LogP contribution in [0.5, 0.6) is 0 Å². The van der Waals surface area contributed by atoms with Gasteiger partial charge in [0.25, 0.3) is 0 Å². The SMILES string of the molecule is O=C(O)C1CC2CCC1N2CCc1cccnc1. The zero-order valence-corrected chi connectivity index (χ0v) is 10.3. The Morgan fingerprint density at radius 1 is 1.50 bits per heavy atom. The highest BCUT2D eigenvalue weighted by Gasteiger charge is 2.48. The summed E-state index contributed by atoms with van der Waals surface area (Å²) in [6.07, 6.45) is 7.70. The molecule has 4 nitrogen and oxygen atoms in total. The highest BCUT2D eigenvalue weighted by Crippen LogP contribution is 2.41. The number of rotatable bonds is 4. The molecule has 3 heterocycles. The van der Waals surface area contributed by atoms with Crippen LogP contribution in [0.1, 0.15) is 24.8 Å². The van der Waals surface area contributed by atoms with E-state index >= 15 is 0 Å². The van der Waals surface area contributed by atoms with Crippen molar-refractivity contribution >= 4 is 5.97 Å². The van der Waals surface area contributed by atoms with Gasteiger partial charge in [0.15, 0.2) is 0 Å². The number of pyridine rings is 1. The van der Waals surface area contributed by atoms with E-state index in [0.717, 1.165) is 25.8 Å². The van der Waals surface area contributed by atoms with Gasteiger partial charge in [0.2, 0.25) is 0 Å². The normalized spacial score (nSPS) is 30.8. The maximum Gasteiger partial charge on any atom is 0.308 e. The first-order valence-corrected chi connectivity index (χ1v) is 6.63. The van der Waals surface area contributed by atoms with E-state index in [0.29, 0.717) is 6.04 Å². The Morgan fingerprint density at radius 3 is 3.06 bits per heavy atom. The summed E-state index contributed by atoms with van der Waals surface area (Å²) in [6.45, 7) is 0.963. The Morgan fingerprint density at radius 2 is 2.39 bits per heavy atom. The maximum absolute atomic E-state index is 11.2. The molecular weight excluding hydrogens is 228 g/mol. The molecule has 1 N–H and O–H groups in total. The quantitative estimate of drug-likeness (QED) is 0.876. The van der Waals surface area contributed by atoms with E-state index in [1.807, 2.05) is 12.3 Å². The molecule has 18 heavy (non-hydrogen) atoms. The largest absolute Gasteiger partial charge is 0.481 e. The van der Waals surface area contributed by atoms with Gasteiger partial charge in [0, 0.05) is 31.0 Å². The summed E-state index contributed by atoms with van der Waals surface area (Å²) in [6, 6.07) is 4.80. The standard InChI is InChI=1S/C14H18N2O2/c17-14(18)12-8-11-3-4-13(12)16(11)7-5-10-2-1-6-15-9-10/h1-2,6,9,11-13H,3-5,7-8H2,(H,17,18). The zero-order chi connectivity index (χ0) is 12.5. The molecular formula is C14H18N2O2. The average molecular weight is 246 g/mol. The van der Waals surface area contributed by atoms with Gasteiger partial charge in [-0.15, -0.1) is 0 Å². The molecule has 4 heteroatoms. The average Bonchev–Trinajstić information content (AvgIpc) is 2.94. The third-order valence-corrected chi connectivity index (χ3v) is 4.38. The fraction of sp³-hybridized carbons (Fsp3) is 0.571. The summed E-state index contributed by atoms with van der Waals surface area (Å²) >= 11 is 0. The lowest BCUT2D eigenvalue weighted by molar-refractivity contribution is -0.142. The molecule has 0 amide bonds. The zero-order valence-electron chi connectivity index (χ0n) is 10.3. The van der Waals surface area contributed by atoms with Crippen molar-refractivity contribution in [2.45, 2.75) is 37.8 Å². The number of aliphatic carboxylic acids is 1. The van der Waals surface area contributed by atoms with Crippen molar-refractivity contribution in [1.29, 1.82) is 0 Å². The first-order valence-electron chi connectivity index (χ1n) is 6.63. The molecule has 0 radical (unpaired) electrons. The van der Waals surface area contributed by atoms with Crippen LogP contribution in [-0.2, 0) is 11.2 Å². The number of nitrogens with zero attached hydrogens (tertiary/aromatic N) is 2. The Balaban J connectivity index is 1.63. The molecule has 2 bridgehead atoms. The molecule has 3 rings (SSSR count). The smallest absolute Gasteiger partial charge is 0.308 e. The van der Waals surface area contributed by atoms with Crippen LogP contribution >= 0.6 is 0 Å². The van der Waals surface area contributed by atoms with E-state index in [1.165, 1.54) is 12.0 Å². The van der Waals surface area contributed by atoms with Crippen LogP contribution in [0.3, 0.4) is 0 Å². The van der Waals surface area contributed by atoms with Gasteiger partial charge in [-0.05, 0) is 37.3 Å². The van der Waals surface area contributed by atoms with E-state index in [4.69, 9.17) is 0 Å². The molecule has 0 aromatic carbocycles. The third-order valence-electron chi connectivity index (χ3n) is 4.38. The van der Waals surface area contributed by atoms with Crippen LogP contribution in [0.4, 0.5) is 0 Å². The van der Waals surface area contributed by atoms with Crippen molar-refractivity contribution in [2.75, 3.05) is 6.54 Å². The van der Waals surface area contributed by atoms with Crippen LogP contribution in [0.25, 0.3) is 0 Å². The van der Waals surface area contributed by atoms with Gasteiger partial charge in [-0.25, -0.2) is 0 Å². The molecule has 0 aliphatic carbocycles. The van der Waals surface area contributed by atoms with Crippen LogP contribution < -0.4 is 0 Å². The van der Waals surface area contributed by atoms with Crippen LogP contribution in [0.2, 0.25) is 0 Å². The number of hydrogen-bond acceptors (Lipinski definition) is 3. The van der Waals surface area contributed by atoms with Crippen molar-refractivity contribution in [1.82, 2.24) is 9.88 Å². The molecule has 3 atom stereocenters. The van der Waals surface area contributed by atoms with Gasteiger partial charge in [-0.1, -0.05) is 6.07 Å². The van der Waals surface area contributed by atoms with Crippen molar-refractivity contribution in [3.05, 3.63) is 30.1 Å². The van der Waals surface area contributed by atoms with Gasteiger partial charge in [0.05, 0.1) is 5.92 Å². The van der Waals surface area contributed by atoms with E-state index in [2.05, 4.69) is 16.0 Å². The summed E-state index contributed by atoms with van der Waals surface area (Å²) < 4.78 is 0. The van der Waals surface area contributed by atoms with Crippen LogP contribution in [-0.4, -0.2) is 39.6 Å². The number of carboxylic acid groups (broad SMARTS) is 1. The molecule has 96 valence electrons. The molecule has 1 aromatic rings. The molecule has 2 saturated heterocycles. The van der Waals surface area contributed by atoms with E-state index < -0.39 is 5.97 Å². The first-order chi connectivity index (χ1) is 8.75. The highest BCUT2D eigenvalue weighted by molar-refractivity contribution is 5.71. The van der Waals surface area contributed by atoms with Crippen LogP contribution in [0.15, 0.2) is 24.5 Å².